The Kier molecular flexibility index (Phi) is 11.3. The van der Waals surface area contributed by atoms with E-state index >= 15 is 0 Å². The Bertz CT molecular complexity index is 939. The summed E-state index contributed by atoms with van der Waals surface area (Å²) >= 11 is 0. The maximum atomic E-state index is 5.63. The first kappa shape index (κ1) is 25.9. The number of ether oxygens (including phenoxy) is 1. The first-order chi connectivity index (χ1) is 15.2. The van der Waals surface area contributed by atoms with Gasteiger partial charge in [0.15, 0.2) is 5.96 Å². The molecule has 0 atom stereocenters. The number of aromatic nitrogens is 2. The van der Waals surface area contributed by atoms with Crippen molar-refractivity contribution in [3.05, 3.63) is 77.0 Å². The fraction of sp³-hybridized carbons (Fsp3) is 0.417. The number of rotatable bonds is 11. The fourth-order valence-corrected chi connectivity index (χ4v) is 3.32. The lowest BCUT2D eigenvalue weighted by atomic mass is 10.2. The predicted molar refractivity (Wildman–Crippen MR) is 138 cm³/mol. The van der Waals surface area contributed by atoms with Crippen molar-refractivity contribution in [2.45, 2.75) is 46.9 Å². The van der Waals surface area contributed by atoms with Gasteiger partial charge in [0, 0.05) is 31.0 Å². The molecule has 0 aliphatic heterocycles. The summed E-state index contributed by atoms with van der Waals surface area (Å²) in [5, 5.41) is 11.4. The third kappa shape index (κ3) is 7.98. The third-order valence-corrected chi connectivity index (χ3v) is 5.03. The van der Waals surface area contributed by atoms with E-state index < -0.39 is 0 Å². The predicted octanol–water partition coefficient (Wildman–Crippen LogP) is 4.42. The SMILES string of the molecule is CCNC(=NCc1c(C)nn(Cc2ccccc2)c1C)NCCCOCc1ccco1.I. The molecule has 0 saturated heterocycles. The first-order valence-corrected chi connectivity index (χ1v) is 10.9. The summed E-state index contributed by atoms with van der Waals surface area (Å²) in [5.74, 6) is 1.66. The van der Waals surface area contributed by atoms with Crippen molar-refractivity contribution in [1.82, 2.24) is 20.4 Å². The molecule has 7 nitrogen and oxygen atoms in total. The molecule has 0 aliphatic rings. The minimum atomic E-state index is 0. The van der Waals surface area contributed by atoms with E-state index in [9.17, 15) is 0 Å². The maximum absolute atomic E-state index is 5.63. The number of aliphatic imine (C=N–C) groups is 1. The minimum Gasteiger partial charge on any atom is -0.467 e. The number of aryl methyl sites for hydroxylation is 1. The van der Waals surface area contributed by atoms with Gasteiger partial charge in [-0.3, -0.25) is 4.68 Å². The lowest BCUT2D eigenvalue weighted by molar-refractivity contribution is 0.105. The molecule has 3 aromatic rings. The molecule has 0 amide bonds. The van der Waals surface area contributed by atoms with Gasteiger partial charge < -0.3 is 19.8 Å². The van der Waals surface area contributed by atoms with Gasteiger partial charge in [-0.1, -0.05) is 30.3 Å². The van der Waals surface area contributed by atoms with E-state index in [1.54, 1.807) is 6.26 Å². The molecule has 0 spiro atoms. The number of furan rings is 1. The van der Waals surface area contributed by atoms with Crippen LogP contribution >= 0.6 is 24.0 Å². The second kappa shape index (κ2) is 13.9. The molecule has 2 heterocycles. The van der Waals surface area contributed by atoms with Crippen molar-refractivity contribution in [1.29, 1.82) is 0 Å². The second-order valence-electron chi connectivity index (χ2n) is 7.40. The second-order valence-corrected chi connectivity index (χ2v) is 7.40. The van der Waals surface area contributed by atoms with Crippen LogP contribution in [-0.4, -0.2) is 35.4 Å². The smallest absolute Gasteiger partial charge is 0.191 e. The van der Waals surface area contributed by atoms with Gasteiger partial charge in [0.05, 0.1) is 25.0 Å². The molecule has 0 fully saturated rings. The van der Waals surface area contributed by atoms with E-state index in [4.69, 9.17) is 19.2 Å². The van der Waals surface area contributed by atoms with Crippen LogP contribution in [0.5, 0.6) is 0 Å². The topological polar surface area (TPSA) is 76.6 Å². The van der Waals surface area contributed by atoms with E-state index in [0.717, 1.165) is 49.2 Å². The van der Waals surface area contributed by atoms with Gasteiger partial charge in [0.1, 0.15) is 12.4 Å². The molecule has 0 saturated carbocycles. The van der Waals surface area contributed by atoms with Crippen molar-refractivity contribution in [3.63, 3.8) is 0 Å². The Balaban J connectivity index is 0.00000363. The van der Waals surface area contributed by atoms with E-state index in [-0.39, 0.29) is 24.0 Å². The Morgan fingerprint density at radius 1 is 1.12 bits per heavy atom. The summed E-state index contributed by atoms with van der Waals surface area (Å²) in [4.78, 5) is 4.77. The van der Waals surface area contributed by atoms with Crippen LogP contribution in [0.25, 0.3) is 0 Å². The van der Waals surface area contributed by atoms with Crippen LogP contribution in [0.1, 0.15) is 41.6 Å². The quantitative estimate of drug-likeness (QED) is 0.160. The summed E-state index contributed by atoms with van der Waals surface area (Å²) in [7, 11) is 0. The third-order valence-electron chi connectivity index (χ3n) is 5.03. The monoisotopic (exact) mass is 551 g/mol. The van der Waals surface area contributed by atoms with Gasteiger partial charge in [0.25, 0.3) is 0 Å². The van der Waals surface area contributed by atoms with Crippen molar-refractivity contribution < 1.29 is 9.15 Å². The average Bonchev–Trinajstić information content (AvgIpc) is 3.38. The standard InChI is InChI=1S/C24H33N5O2.HI/c1-4-25-24(26-13-9-14-30-18-22-12-8-15-31-22)27-16-23-19(2)28-29(20(23)3)17-21-10-6-5-7-11-21;/h5-8,10-12,15H,4,9,13-14,16-18H2,1-3H3,(H2,25,26,27);1H. The molecule has 0 radical (unpaired) electrons. The Morgan fingerprint density at radius 2 is 1.94 bits per heavy atom. The van der Waals surface area contributed by atoms with E-state index in [2.05, 4.69) is 60.4 Å². The van der Waals surface area contributed by atoms with Crippen LogP contribution in [0.4, 0.5) is 0 Å². The molecule has 2 aromatic heterocycles. The lowest BCUT2D eigenvalue weighted by Gasteiger charge is -2.11. The number of guanidine groups is 1. The van der Waals surface area contributed by atoms with Gasteiger partial charge >= 0.3 is 0 Å². The van der Waals surface area contributed by atoms with Crippen LogP contribution in [0.15, 0.2) is 58.1 Å². The lowest BCUT2D eigenvalue weighted by Crippen LogP contribution is -2.38. The van der Waals surface area contributed by atoms with E-state index in [0.29, 0.717) is 19.8 Å². The highest BCUT2D eigenvalue weighted by atomic mass is 127. The van der Waals surface area contributed by atoms with Crippen LogP contribution < -0.4 is 10.6 Å². The highest BCUT2D eigenvalue weighted by Gasteiger charge is 2.12. The highest BCUT2D eigenvalue weighted by Crippen LogP contribution is 2.16. The van der Waals surface area contributed by atoms with Crippen molar-refractivity contribution in [2.75, 3.05) is 19.7 Å². The highest BCUT2D eigenvalue weighted by molar-refractivity contribution is 14.0. The van der Waals surface area contributed by atoms with Gasteiger partial charge in [-0.15, -0.1) is 24.0 Å². The van der Waals surface area contributed by atoms with Crippen LogP contribution in [0, 0.1) is 13.8 Å². The van der Waals surface area contributed by atoms with Crippen molar-refractivity contribution in [3.8, 4) is 0 Å². The molecule has 32 heavy (non-hydrogen) atoms. The summed E-state index contributed by atoms with van der Waals surface area (Å²) in [6.07, 6.45) is 2.55. The summed E-state index contributed by atoms with van der Waals surface area (Å²) in [5.41, 5.74) is 4.61. The number of hydrogen-bond donors (Lipinski definition) is 2. The largest absolute Gasteiger partial charge is 0.467 e. The zero-order chi connectivity index (χ0) is 21.9. The van der Waals surface area contributed by atoms with Crippen LogP contribution in [0.3, 0.4) is 0 Å². The number of nitrogens with zero attached hydrogens (tertiary/aromatic N) is 3. The normalized spacial score (nSPS) is 11.3. The Hall–Kier alpha value is -2.33. The number of hydrogen-bond acceptors (Lipinski definition) is 4. The van der Waals surface area contributed by atoms with Gasteiger partial charge in [-0.2, -0.15) is 5.10 Å². The number of nitrogens with one attached hydrogen (secondary N) is 2. The molecule has 3 rings (SSSR count). The van der Waals surface area contributed by atoms with Crippen LogP contribution in [0.2, 0.25) is 0 Å². The summed E-state index contributed by atoms with van der Waals surface area (Å²) in [6, 6.07) is 14.2. The average molecular weight is 551 g/mol. The molecule has 8 heteroatoms. The Morgan fingerprint density at radius 3 is 2.66 bits per heavy atom. The van der Waals surface area contributed by atoms with Gasteiger partial charge in [0.2, 0.25) is 0 Å². The van der Waals surface area contributed by atoms with E-state index in [1.807, 2.05) is 18.2 Å². The number of halogens is 1. The Labute approximate surface area is 207 Å². The van der Waals surface area contributed by atoms with Crippen molar-refractivity contribution >= 4 is 29.9 Å². The molecule has 174 valence electrons. The molecule has 1 aromatic carbocycles. The molecule has 0 bridgehead atoms. The zero-order valence-electron chi connectivity index (χ0n) is 19.1. The van der Waals surface area contributed by atoms with Crippen molar-refractivity contribution in [2.24, 2.45) is 4.99 Å². The molecule has 0 unspecified atom stereocenters. The molecular weight excluding hydrogens is 517 g/mol. The fourth-order valence-electron chi connectivity index (χ4n) is 3.32. The number of benzene rings is 1. The summed E-state index contributed by atoms with van der Waals surface area (Å²) in [6.45, 7) is 10.4. The van der Waals surface area contributed by atoms with Crippen LogP contribution in [-0.2, 0) is 24.4 Å². The maximum Gasteiger partial charge on any atom is 0.191 e. The van der Waals surface area contributed by atoms with E-state index in [1.165, 1.54) is 11.1 Å². The molecule has 0 aliphatic carbocycles. The van der Waals surface area contributed by atoms with Gasteiger partial charge in [-0.05, 0) is 44.9 Å². The first-order valence-electron chi connectivity index (χ1n) is 10.9. The minimum absolute atomic E-state index is 0. The molecular formula is C24H34IN5O2. The summed E-state index contributed by atoms with van der Waals surface area (Å²) < 4.78 is 13.0. The zero-order valence-corrected chi connectivity index (χ0v) is 21.5. The van der Waals surface area contributed by atoms with Gasteiger partial charge in [-0.25, -0.2) is 4.99 Å². The molecule has 2 N–H and O–H groups in total.